The standard InChI is InChI=1S/C18H23NOS/c1-2-8-18(9-5-10-19-13-18)17(20)11-14-12-21-16-7-4-3-6-15(14)16/h3-4,6-7,12,19H,2,5,8-11,13H2,1H3. The van der Waals surface area contributed by atoms with Gasteiger partial charge in [0.25, 0.3) is 0 Å². The van der Waals surface area contributed by atoms with Crippen molar-refractivity contribution in [1.29, 1.82) is 0 Å². The van der Waals surface area contributed by atoms with E-state index in [1.54, 1.807) is 11.3 Å². The lowest BCUT2D eigenvalue weighted by Gasteiger charge is -2.36. The van der Waals surface area contributed by atoms with Crippen molar-refractivity contribution in [2.45, 2.75) is 39.0 Å². The molecular weight excluding hydrogens is 278 g/mol. The van der Waals surface area contributed by atoms with Crippen molar-refractivity contribution in [3.8, 4) is 0 Å². The molecule has 1 atom stereocenters. The molecule has 112 valence electrons. The van der Waals surface area contributed by atoms with Crippen LogP contribution in [0.5, 0.6) is 0 Å². The molecule has 1 saturated heterocycles. The number of nitrogens with one attached hydrogen (secondary N) is 1. The molecule has 2 heterocycles. The minimum absolute atomic E-state index is 0.129. The van der Waals surface area contributed by atoms with E-state index in [1.165, 1.54) is 15.6 Å². The molecule has 0 aliphatic carbocycles. The second-order valence-corrected chi connectivity index (χ2v) is 7.08. The number of rotatable bonds is 5. The van der Waals surface area contributed by atoms with Crippen molar-refractivity contribution >= 4 is 27.2 Å². The molecule has 0 spiro atoms. The van der Waals surface area contributed by atoms with Gasteiger partial charge in [-0.2, -0.15) is 0 Å². The Morgan fingerprint density at radius 2 is 2.24 bits per heavy atom. The summed E-state index contributed by atoms with van der Waals surface area (Å²) in [5.41, 5.74) is 1.08. The minimum atomic E-state index is -0.129. The van der Waals surface area contributed by atoms with Crippen LogP contribution in [0.2, 0.25) is 0 Å². The van der Waals surface area contributed by atoms with Crippen LogP contribution in [0.4, 0.5) is 0 Å². The number of carbonyl (C=O) groups excluding carboxylic acids is 1. The van der Waals surface area contributed by atoms with Gasteiger partial charge in [-0.25, -0.2) is 0 Å². The molecule has 2 aromatic rings. The van der Waals surface area contributed by atoms with Crippen LogP contribution in [0.3, 0.4) is 0 Å². The molecule has 2 nitrogen and oxygen atoms in total. The van der Waals surface area contributed by atoms with Gasteiger partial charge in [0, 0.05) is 23.1 Å². The highest BCUT2D eigenvalue weighted by atomic mass is 32.1. The molecule has 0 radical (unpaired) electrons. The Hall–Kier alpha value is -1.19. The maximum absolute atomic E-state index is 13.0. The highest BCUT2D eigenvalue weighted by molar-refractivity contribution is 7.17. The Kier molecular flexibility index (Phi) is 4.41. The van der Waals surface area contributed by atoms with E-state index in [1.807, 2.05) is 0 Å². The van der Waals surface area contributed by atoms with Crippen LogP contribution in [-0.4, -0.2) is 18.9 Å². The predicted octanol–water partition coefficient (Wildman–Crippen LogP) is 4.18. The Morgan fingerprint density at radius 1 is 1.38 bits per heavy atom. The highest BCUT2D eigenvalue weighted by Crippen LogP contribution is 2.35. The number of ketones is 1. The summed E-state index contributed by atoms with van der Waals surface area (Å²) in [6.45, 7) is 4.10. The molecule has 1 aromatic carbocycles. The van der Waals surface area contributed by atoms with Gasteiger partial charge in [0.15, 0.2) is 0 Å². The molecule has 1 fully saturated rings. The number of benzene rings is 1. The maximum atomic E-state index is 13.0. The summed E-state index contributed by atoms with van der Waals surface area (Å²) in [6, 6.07) is 8.40. The number of thiophene rings is 1. The Bertz CT molecular complexity index is 619. The quantitative estimate of drug-likeness (QED) is 0.897. The smallest absolute Gasteiger partial charge is 0.144 e. The van der Waals surface area contributed by atoms with Crippen molar-refractivity contribution in [3.05, 3.63) is 35.2 Å². The number of hydrogen-bond acceptors (Lipinski definition) is 3. The lowest BCUT2D eigenvalue weighted by Crippen LogP contribution is -2.46. The first kappa shape index (κ1) is 14.7. The largest absolute Gasteiger partial charge is 0.316 e. The molecule has 21 heavy (non-hydrogen) atoms. The van der Waals surface area contributed by atoms with Crippen LogP contribution >= 0.6 is 11.3 Å². The van der Waals surface area contributed by atoms with Crippen molar-refractivity contribution < 1.29 is 4.79 Å². The van der Waals surface area contributed by atoms with Crippen molar-refractivity contribution in [2.75, 3.05) is 13.1 Å². The molecule has 1 unspecified atom stereocenters. The summed E-state index contributed by atoms with van der Waals surface area (Å²) in [5.74, 6) is 0.431. The van der Waals surface area contributed by atoms with Crippen LogP contribution in [0.1, 0.15) is 38.2 Å². The topological polar surface area (TPSA) is 29.1 Å². The molecular formula is C18H23NOS. The van der Waals surface area contributed by atoms with E-state index in [2.05, 4.69) is 41.9 Å². The van der Waals surface area contributed by atoms with Gasteiger partial charge in [-0.15, -0.1) is 11.3 Å². The number of Topliss-reactive ketones (excluding diaryl/α,β-unsaturated/α-hetero) is 1. The van der Waals surface area contributed by atoms with E-state index in [-0.39, 0.29) is 5.41 Å². The van der Waals surface area contributed by atoms with Gasteiger partial charge in [-0.05, 0) is 48.2 Å². The summed E-state index contributed by atoms with van der Waals surface area (Å²) < 4.78 is 1.28. The average Bonchev–Trinajstić information content (AvgIpc) is 2.92. The van der Waals surface area contributed by atoms with Crippen LogP contribution in [0.15, 0.2) is 29.6 Å². The fourth-order valence-corrected chi connectivity index (χ4v) is 4.53. The molecule has 3 heteroatoms. The van der Waals surface area contributed by atoms with Crippen LogP contribution in [0.25, 0.3) is 10.1 Å². The third kappa shape index (κ3) is 2.90. The van der Waals surface area contributed by atoms with E-state index in [0.29, 0.717) is 12.2 Å². The second-order valence-electron chi connectivity index (χ2n) is 6.17. The second kappa shape index (κ2) is 6.29. The summed E-state index contributed by atoms with van der Waals surface area (Å²) >= 11 is 1.75. The molecule has 0 bridgehead atoms. The van der Waals surface area contributed by atoms with Gasteiger partial charge >= 0.3 is 0 Å². The number of hydrogen-bond donors (Lipinski definition) is 1. The number of carbonyl (C=O) groups is 1. The summed E-state index contributed by atoms with van der Waals surface area (Å²) in [4.78, 5) is 13.0. The summed E-state index contributed by atoms with van der Waals surface area (Å²) in [7, 11) is 0. The lowest BCUT2D eigenvalue weighted by molar-refractivity contribution is -0.129. The van der Waals surface area contributed by atoms with E-state index in [0.717, 1.165) is 38.8 Å². The van der Waals surface area contributed by atoms with E-state index in [9.17, 15) is 4.79 Å². The number of fused-ring (bicyclic) bond motifs is 1. The Labute approximate surface area is 130 Å². The molecule has 3 rings (SSSR count). The zero-order valence-corrected chi connectivity index (χ0v) is 13.5. The first-order valence-corrected chi connectivity index (χ1v) is 8.82. The normalized spacial score (nSPS) is 22.5. The van der Waals surface area contributed by atoms with Crippen molar-refractivity contribution in [3.63, 3.8) is 0 Å². The first-order valence-electron chi connectivity index (χ1n) is 7.94. The van der Waals surface area contributed by atoms with E-state index < -0.39 is 0 Å². The van der Waals surface area contributed by atoms with Gasteiger partial charge < -0.3 is 5.32 Å². The third-order valence-electron chi connectivity index (χ3n) is 4.70. The molecule has 1 aromatic heterocycles. The zero-order valence-electron chi connectivity index (χ0n) is 12.7. The summed E-state index contributed by atoms with van der Waals surface area (Å²) in [5, 5.41) is 6.86. The SMILES string of the molecule is CCCC1(C(=O)Cc2csc3ccccc23)CCCNC1. The van der Waals surface area contributed by atoms with E-state index in [4.69, 9.17) is 0 Å². The number of piperidine rings is 1. The molecule has 0 amide bonds. The van der Waals surface area contributed by atoms with Crippen LogP contribution in [-0.2, 0) is 11.2 Å². The molecule has 0 saturated carbocycles. The highest BCUT2D eigenvalue weighted by Gasteiger charge is 2.38. The third-order valence-corrected chi connectivity index (χ3v) is 5.72. The van der Waals surface area contributed by atoms with Crippen molar-refractivity contribution in [1.82, 2.24) is 5.32 Å². The van der Waals surface area contributed by atoms with Gasteiger partial charge in [0.2, 0.25) is 0 Å². The van der Waals surface area contributed by atoms with Crippen LogP contribution < -0.4 is 5.32 Å². The molecule has 1 N–H and O–H groups in total. The fourth-order valence-electron chi connectivity index (χ4n) is 3.57. The average molecular weight is 301 g/mol. The first-order chi connectivity index (χ1) is 10.2. The van der Waals surface area contributed by atoms with Crippen molar-refractivity contribution in [2.24, 2.45) is 5.41 Å². The van der Waals surface area contributed by atoms with Gasteiger partial charge in [-0.1, -0.05) is 31.5 Å². The van der Waals surface area contributed by atoms with Gasteiger partial charge in [-0.3, -0.25) is 4.79 Å². The summed E-state index contributed by atoms with van der Waals surface area (Å²) in [6.07, 6.45) is 4.86. The fraction of sp³-hybridized carbons (Fsp3) is 0.500. The van der Waals surface area contributed by atoms with Gasteiger partial charge in [0.05, 0.1) is 0 Å². The monoisotopic (exact) mass is 301 g/mol. The Morgan fingerprint density at radius 3 is 3.00 bits per heavy atom. The van der Waals surface area contributed by atoms with E-state index >= 15 is 0 Å². The van der Waals surface area contributed by atoms with Gasteiger partial charge in [0.1, 0.15) is 5.78 Å². The molecule has 1 aliphatic rings. The predicted molar refractivity (Wildman–Crippen MR) is 90.0 cm³/mol. The Balaban J connectivity index is 1.84. The molecule has 1 aliphatic heterocycles. The zero-order chi connectivity index (χ0) is 14.7. The lowest BCUT2D eigenvalue weighted by atomic mass is 9.72. The van der Waals surface area contributed by atoms with Crippen LogP contribution in [0, 0.1) is 5.41 Å². The maximum Gasteiger partial charge on any atom is 0.144 e. The minimum Gasteiger partial charge on any atom is -0.316 e.